The number of carbonyl (C=O) groups excluding carboxylic acids is 1. The van der Waals surface area contributed by atoms with Crippen LogP contribution in [0.25, 0.3) is 0 Å². The molecule has 0 aromatic heterocycles. The average molecular weight is 362 g/mol. The summed E-state index contributed by atoms with van der Waals surface area (Å²) in [5, 5.41) is 6.29. The van der Waals surface area contributed by atoms with Gasteiger partial charge in [0.1, 0.15) is 0 Å². The van der Waals surface area contributed by atoms with Gasteiger partial charge in [-0.05, 0) is 44.5 Å². The first kappa shape index (κ1) is 22.0. The van der Waals surface area contributed by atoms with Crippen molar-refractivity contribution in [1.82, 2.24) is 10.6 Å². The van der Waals surface area contributed by atoms with Crippen LogP contribution in [-0.4, -0.2) is 38.6 Å². The maximum Gasteiger partial charge on any atom is 0.223 e. The molecule has 1 fully saturated rings. The second-order valence-corrected chi connectivity index (χ2v) is 5.77. The van der Waals surface area contributed by atoms with Crippen molar-refractivity contribution >= 4 is 36.4 Å². The number of nitrogens with one attached hydrogen (secondary N) is 2. The summed E-state index contributed by atoms with van der Waals surface area (Å²) in [4.78, 5) is 14.3. The molecule has 0 saturated carbocycles. The highest BCUT2D eigenvalue weighted by atomic mass is 35.5. The first-order valence-electron chi connectivity index (χ1n) is 8.00. The Morgan fingerprint density at radius 3 is 2.48 bits per heavy atom. The van der Waals surface area contributed by atoms with Crippen LogP contribution in [0, 0.1) is 11.8 Å². The van der Waals surface area contributed by atoms with Crippen LogP contribution in [0.1, 0.15) is 20.3 Å². The van der Waals surface area contributed by atoms with Crippen LogP contribution in [0.15, 0.2) is 30.3 Å². The number of rotatable bonds is 8. The smallest absolute Gasteiger partial charge is 0.223 e. The van der Waals surface area contributed by atoms with Crippen molar-refractivity contribution in [3.8, 4) is 0 Å². The predicted molar refractivity (Wildman–Crippen MR) is 102 cm³/mol. The molecule has 0 spiro atoms. The number of carbonyl (C=O) groups is 1. The van der Waals surface area contributed by atoms with Gasteiger partial charge in [-0.25, -0.2) is 0 Å². The summed E-state index contributed by atoms with van der Waals surface area (Å²) in [6.45, 7) is 8.87. The minimum Gasteiger partial charge on any atom is -0.372 e. The van der Waals surface area contributed by atoms with E-state index < -0.39 is 0 Å². The zero-order valence-corrected chi connectivity index (χ0v) is 15.6. The maximum atomic E-state index is 12.0. The van der Waals surface area contributed by atoms with E-state index >= 15 is 0 Å². The van der Waals surface area contributed by atoms with Crippen molar-refractivity contribution in [2.24, 2.45) is 11.8 Å². The van der Waals surface area contributed by atoms with Crippen LogP contribution >= 0.6 is 24.8 Å². The Hall–Kier alpha value is -0.970. The first-order chi connectivity index (χ1) is 10.2. The quantitative estimate of drug-likeness (QED) is 0.699. The van der Waals surface area contributed by atoms with E-state index in [-0.39, 0.29) is 36.6 Å². The Kier molecular flexibility index (Phi) is 11.1. The third-order valence-corrected chi connectivity index (χ3v) is 4.34. The lowest BCUT2D eigenvalue weighted by molar-refractivity contribution is -0.126. The monoisotopic (exact) mass is 361 g/mol. The Balaban J connectivity index is 0.00000242. The van der Waals surface area contributed by atoms with Crippen molar-refractivity contribution in [3.63, 3.8) is 0 Å². The molecule has 4 nitrogen and oxygen atoms in total. The van der Waals surface area contributed by atoms with Crippen molar-refractivity contribution in [2.45, 2.75) is 20.3 Å². The summed E-state index contributed by atoms with van der Waals surface area (Å²) in [6, 6.07) is 10.4. The van der Waals surface area contributed by atoms with Gasteiger partial charge in [0.2, 0.25) is 5.91 Å². The second-order valence-electron chi connectivity index (χ2n) is 5.77. The number of nitrogens with zero attached hydrogens (tertiary/aromatic N) is 1. The fourth-order valence-corrected chi connectivity index (χ4v) is 2.63. The molecule has 1 aromatic carbocycles. The summed E-state index contributed by atoms with van der Waals surface area (Å²) >= 11 is 0. The lowest BCUT2D eigenvalue weighted by atomic mass is 9.88. The first-order valence-corrected chi connectivity index (χ1v) is 8.00. The molecule has 1 aliphatic heterocycles. The molecule has 1 amide bonds. The zero-order chi connectivity index (χ0) is 15.1. The summed E-state index contributed by atoms with van der Waals surface area (Å²) in [5.41, 5.74) is 1.25. The van der Waals surface area contributed by atoms with E-state index in [9.17, 15) is 4.79 Å². The molecule has 1 aliphatic rings. The molecule has 1 atom stereocenters. The fourth-order valence-electron chi connectivity index (χ4n) is 2.63. The van der Waals surface area contributed by atoms with Crippen LogP contribution in [-0.2, 0) is 4.79 Å². The van der Waals surface area contributed by atoms with Crippen molar-refractivity contribution in [2.75, 3.05) is 37.6 Å². The summed E-state index contributed by atoms with van der Waals surface area (Å²) in [6.07, 6.45) is 0.976. The molecule has 1 heterocycles. The fraction of sp³-hybridized carbons (Fsp3) is 0.588. The maximum absolute atomic E-state index is 12.0. The lowest BCUT2D eigenvalue weighted by Crippen LogP contribution is -2.49. The predicted octanol–water partition coefficient (Wildman–Crippen LogP) is 2.72. The van der Waals surface area contributed by atoms with Crippen LogP contribution < -0.4 is 15.5 Å². The summed E-state index contributed by atoms with van der Waals surface area (Å²) in [7, 11) is 0. The Morgan fingerprint density at radius 1 is 1.30 bits per heavy atom. The van der Waals surface area contributed by atoms with Gasteiger partial charge < -0.3 is 15.5 Å². The molecule has 0 bridgehead atoms. The number of anilines is 1. The van der Waals surface area contributed by atoms with Gasteiger partial charge in [0.05, 0.1) is 0 Å². The molecular weight excluding hydrogens is 333 g/mol. The highest BCUT2D eigenvalue weighted by Crippen LogP contribution is 2.16. The van der Waals surface area contributed by atoms with E-state index in [1.807, 2.05) is 13.0 Å². The molecular formula is C17H29Cl2N3O. The van der Waals surface area contributed by atoms with Gasteiger partial charge in [0.25, 0.3) is 0 Å². The highest BCUT2D eigenvalue weighted by Gasteiger charge is 2.28. The van der Waals surface area contributed by atoms with Crippen molar-refractivity contribution in [3.05, 3.63) is 30.3 Å². The van der Waals surface area contributed by atoms with Crippen molar-refractivity contribution in [1.29, 1.82) is 0 Å². The molecule has 2 N–H and O–H groups in total. The van der Waals surface area contributed by atoms with E-state index in [2.05, 4.69) is 46.7 Å². The van der Waals surface area contributed by atoms with Crippen molar-refractivity contribution < 1.29 is 4.79 Å². The van der Waals surface area contributed by atoms with Crippen LogP contribution in [0.2, 0.25) is 0 Å². The Bertz CT molecular complexity index is 441. The topological polar surface area (TPSA) is 44.4 Å². The molecule has 1 aromatic rings. The molecule has 1 unspecified atom stereocenters. The van der Waals surface area contributed by atoms with Gasteiger partial charge in [-0.3, -0.25) is 4.79 Å². The van der Waals surface area contributed by atoms with Gasteiger partial charge in [0, 0.05) is 31.2 Å². The summed E-state index contributed by atoms with van der Waals surface area (Å²) < 4.78 is 0. The van der Waals surface area contributed by atoms with Gasteiger partial charge in [-0.15, -0.1) is 24.8 Å². The number of amides is 1. The normalized spacial score (nSPS) is 14.7. The molecule has 23 heavy (non-hydrogen) atoms. The molecule has 1 saturated heterocycles. The third-order valence-electron chi connectivity index (χ3n) is 4.34. The third kappa shape index (κ3) is 6.58. The van der Waals surface area contributed by atoms with Gasteiger partial charge in [-0.2, -0.15) is 0 Å². The number of benzene rings is 1. The van der Waals surface area contributed by atoms with E-state index in [0.29, 0.717) is 5.92 Å². The van der Waals surface area contributed by atoms with E-state index in [0.717, 1.165) is 39.1 Å². The molecule has 6 heteroatoms. The average Bonchev–Trinajstić information content (AvgIpc) is 2.46. The molecule has 0 radical (unpaired) electrons. The molecule has 0 aliphatic carbocycles. The Morgan fingerprint density at radius 2 is 1.96 bits per heavy atom. The number of para-hydroxylation sites is 1. The van der Waals surface area contributed by atoms with Gasteiger partial charge in [0.15, 0.2) is 0 Å². The number of hydrogen-bond acceptors (Lipinski definition) is 3. The largest absolute Gasteiger partial charge is 0.372 e. The minimum atomic E-state index is 0. The van der Waals surface area contributed by atoms with Gasteiger partial charge in [-0.1, -0.05) is 25.1 Å². The SMILES string of the molecule is CCN(CCCNC(=O)C(C)C1CNC1)c1ccccc1.Cl.Cl. The van der Waals surface area contributed by atoms with E-state index in [1.54, 1.807) is 0 Å². The summed E-state index contributed by atoms with van der Waals surface area (Å²) in [5.74, 6) is 0.841. The highest BCUT2D eigenvalue weighted by molar-refractivity contribution is 5.85. The second kappa shape index (κ2) is 11.5. The standard InChI is InChI=1S/C17H27N3O.2ClH/c1-3-20(16-8-5-4-6-9-16)11-7-10-19-17(21)14(2)15-12-18-13-15;;/h4-6,8-9,14-15,18H,3,7,10-13H2,1-2H3,(H,19,21);2*1H. The molecule has 2 rings (SSSR count). The van der Waals surface area contributed by atoms with Crippen LogP contribution in [0.3, 0.4) is 0 Å². The van der Waals surface area contributed by atoms with Crippen LogP contribution in [0.5, 0.6) is 0 Å². The molecule has 132 valence electrons. The van der Waals surface area contributed by atoms with Crippen LogP contribution in [0.4, 0.5) is 5.69 Å². The lowest BCUT2D eigenvalue weighted by Gasteiger charge is -2.31. The number of halogens is 2. The number of hydrogen-bond donors (Lipinski definition) is 2. The zero-order valence-electron chi connectivity index (χ0n) is 14.0. The van der Waals surface area contributed by atoms with Gasteiger partial charge >= 0.3 is 0 Å². The van der Waals surface area contributed by atoms with E-state index in [4.69, 9.17) is 0 Å². The van der Waals surface area contributed by atoms with E-state index in [1.165, 1.54) is 5.69 Å². The minimum absolute atomic E-state index is 0. The Labute approximate surface area is 152 Å².